The molecule has 1 heteroatoms. The van der Waals surface area contributed by atoms with Crippen molar-refractivity contribution in [3.8, 4) is 0 Å². The van der Waals surface area contributed by atoms with Gasteiger partial charge in [-0.1, -0.05) is 68.0 Å². The lowest BCUT2D eigenvalue weighted by molar-refractivity contribution is 0.227. The summed E-state index contributed by atoms with van der Waals surface area (Å²) in [5.41, 5.74) is 1.12. The number of aliphatic hydroxyl groups is 1. The highest BCUT2D eigenvalue weighted by Crippen LogP contribution is 2.04. The Balaban J connectivity index is 2.34. The Bertz CT molecular complexity index is 325. The number of hydrogen-bond donors (Lipinski definition) is 1. The molecule has 1 rings (SSSR count). The van der Waals surface area contributed by atoms with Gasteiger partial charge in [0, 0.05) is 0 Å². The van der Waals surface area contributed by atoms with E-state index >= 15 is 0 Å². The molecule has 0 saturated carbocycles. The molecule has 1 aromatic rings. The molecule has 86 valence electrons. The van der Waals surface area contributed by atoms with Crippen molar-refractivity contribution in [2.45, 2.75) is 32.3 Å². The van der Waals surface area contributed by atoms with Crippen LogP contribution in [-0.2, 0) is 0 Å². The van der Waals surface area contributed by atoms with Crippen molar-refractivity contribution in [3.63, 3.8) is 0 Å². The third-order valence-electron chi connectivity index (χ3n) is 2.31. The summed E-state index contributed by atoms with van der Waals surface area (Å²) in [5, 5.41) is 9.67. The Kier molecular flexibility index (Phi) is 6.28. The summed E-state index contributed by atoms with van der Waals surface area (Å²) in [5.74, 6) is 0. The predicted octanol–water partition coefficient (Wildman–Crippen LogP) is 3.81. The second-order valence-electron chi connectivity index (χ2n) is 3.83. The molecule has 0 aliphatic carbocycles. The molecule has 16 heavy (non-hydrogen) atoms. The summed E-state index contributed by atoms with van der Waals surface area (Å²) in [6.45, 7) is 2.15. The highest BCUT2D eigenvalue weighted by Gasteiger charge is 1.94. The summed E-state index contributed by atoms with van der Waals surface area (Å²) < 4.78 is 0. The average Bonchev–Trinajstić information content (AvgIpc) is 2.33. The van der Waals surface area contributed by atoms with E-state index in [2.05, 4.69) is 13.0 Å². The van der Waals surface area contributed by atoms with Gasteiger partial charge in [-0.25, -0.2) is 0 Å². The van der Waals surface area contributed by atoms with Gasteiger partial charge in [0.25, 0.3) is 0 Å². The van der Waals surface area contributed by atoms with Crippen LogP contribution in [0.3, 0.4) is 0 Å². The Morgan fingerprint density at radius 1 is 1.19 bits per heavy atom. The fourth-order valence-electron chi connectivity index (χ4n) is 1.39. The van der Waals surface area contributed by atoms with E-state index in [-0.39, 0.29) is 6.10 Å². The van der Waals surface area contributed by atoms with Gasteiger partial charge in [-0.05, 0) is 18.4 Å². The SMILES string of the molecule is CCC/C=C/C[C@H](O)/C=C/c1ccccc1. The molecule has 0 aromatic heterocycles. The van der Waals surface area contributed by atoms with E-state index in [4.69, 9.17) is 0 Å². The fourth-order valence-corrected chi connectivity index (χ4v) is 1.39. The number of benzene rings is 1. The van der Waals surface area contributed by atoms with Crippen molar-refractivity contribution in [1.29, 1.82) is 0 Å². The Morgan fingerprint density at radius 2 is 1.94 bits per heavy atom. The predicted molar refractivity (Wildman–Crippen MR) is 70.1 cm³/mol. The molecule has 0 unspecified atom stereocenters. The Hall–Kier alpha value is -1.34. The van der Waals surface area contributed by atoms with E-state index in [0.29, 0.717) is 6.42 Å². The van der Waals surface area contributed by atoms with Crippen LogP contribution < -0.4 is 0 Å². The molecule has 0 amide bonds. The molecule has 0 saturated heterocycles. The normalized spacial score (nSPS) is 13.6. The first-order valence-corrected chi connectivity index (χ1v) is 5.89. The van der Waals surface area contributed by atoms with Crippen molar-refractivity contribution >= 4 is 6.08 Å². The first-order chi connectivity index (χ1) is 7.83. The molecule has 1 atom stereocenters. The summed E-state index contributed by atoms with van der Waals surface area (Å²) in [6, 6.07) is 10.0. The molecule has 1 N–H and O–H groups in total. The molecule has 0 fully saturated rings. The molecule has 0 heterocycles. The van der Waals surface area contributed by atoms with Crippen LogP contribution in [-0.4, -0.2) is 11.2 Å². The standard InChI is InChI=1S/C15H20O/c1-2-3-4-8-11-15(16)13-12-14-9-6-5-7-10-14/h4-10,12-13,15-16H,2-3,11H2,1H3/b8-4+,13-12+/t15-/m0/s1. The molecule has 1 nitrogen and oxygen atoms in total. The highest BCUT2D eigenvalue weighted by molar-refractivity contribution is 5.49. The van der Waals surface area contributed by atoms with Crippen molar-refractivity contribution in [3.05, 3.63) is 54.1 Å². The molecule has 0 aliphatic heterocycles. The maximum atomic E-state index is 9.67. The van der Waals surface area contributed by atoms with Crippen LogP contribution in [0.25, 0.3) is 6.08 Å². The first kappa shape index (κ1) is 12.7. The highest BCUT2D eigenvalue weighted by atomic mass is 16.3. The van der Waals surface area contributed by atoms with Crippen LogP contribution in [0.15, 0.2) is 48.6 Å². The van der Waals surface area contributed by atoms with E-state index < -0.39 is 0 Å². The lowest BCUT2D eigenvalue weighted by Crippen LogP contribution is -1.98. The summed E-state index contributed by atoms with van der Waals surface area (Å²) in [4.78, 5) is 0. The lowest BCUT2D eigenvalue weighted by atomic mass is 10.1. The number of hydrogen-bond acceptors (Lipinski definition) is 1. The zero-order valence-electron chi connectivity index (χ0n) is 9.84. The fraction of sp³-hybridized carbons (Fsp3) is 0.333. The lowest BCUT2D eigenvalue weighted by Gasteiger charge is -2.00. The zero-order chi connectivity index (χ0) is 11.6. The zero-order valence-corrected chi connectivity index (χ0v) is 9.84. The largest absolute Gasteiger partial charge is 0.389 e. The number of unbranched alkanes of at least 4 members (excludes halogenated alkanes) is 1. The average molecular weight is 216 g/mol. The van der Waals surface area contributed by atoms with Crippen LogP contribution in [0.5, 0.6) is 0 Å². The third-order valence-corrected chi connectivity index (χ3v) is 2.31. The van der Waals surface area contributed by atoms with Crippen LogP contribution in [0.1, 0.15) is 31.7 Å². The molecular formula is C15H20O. The van der Waals surface area contributed by atoms with Gasteiger partial charge in [0.1, 0.15) is 0 Å². The number of allylic oxidation sites excluding steroid dienone is 1. The quantitative estimate of drug-likeness (QED) is 0.717. The minimum Gasteiger partial charge on any atom is -0.389 e. The van der Waals surface area contributed by atoms with E-state index in [1.807, 2.05) is 48.6 Å². The maximum Gasteiger partial charge on any atom is 0.0758 e. The summed E-state index contributed by atoms with van der Waals surface area (Å²) in [6.07, 6.45) is 10.5. The Labute approximate surface area is 98.1 Å². The smallest absolute Gasteiger partial charge is 0.0758 e. The van der Waals surface area contributed by atoms with Gasteiger partial charge in [-0.3, -0.25) is 0 Å². The molecule has 0 bridgehead atoms. The van der Waals surface area contributed by atoms with Crippen molar-refractivity contribution < 1.29 is 5.11 Å². The first-order valence-electron chi connectivity index (χ1n) is 5.89. The van der Waals surface area contributed by atoms with Crippen LogP contribution in [0.2, 0.25) is 0 Å². The van der Waals surface area contributed by atoms with Gasteiger partial charge in [0.05, 0.1) is 6.10 Å². The second kappa shape index (κ2) is 7.89. The van der Waals surface area contributed by atoms with Gasteiger partial charge < -0.3 is 5.11 Å². The van der Waals surface area contributed by atoms with E-state index in [1.54, 1.807) is 0 Å². The van der Waals surface area contributed by atoms with Crippen LogP contribution >= 0.6 is 0 Å². The van der Waals surface area contributed by atoms with Gasteiger partial charge >= 0.3 is 0 Å². The van der Waals surface area contributed by atoms with E-state index in [9.17, 15) is 5.11 Å². The molecular weight excluding hydrogens is 196 g/mol. The monoisotopic (exact) mass is 216 g/mol. The van der Waals surface area contributed by atoms with Crippen molar-refractivity contribution in [2.24, 2.45) is 0 Å². The molecule has 0 aliphatic rings. The van der Waals surface area contributed by atoms with Crippen LogP contribution in [0.4, 0.5) is 0 Å². The third kappa shape index (κ3) is 5.52. The summed E-state index contributed by atoms with van der Waals surface area (Å²) >= 11 is 0. The van der Waals surface area contributed by atoms with Gasteiger partial charge in [0.15, 0.2) is 0 Å². The van der Waals surface area contributed by atoms with Gasteiger partial charge in [-0.15, -0.1) is 0 Å². The molecule has 1 aromatic carbocycles. The molecule has 0 radical (unpaired) electrons. The van der Waals surface area contributed by atoms with Crippen LogP contribution in [0, 0.1) is 0 Å². The summed E-state index contributed by atoms with van der Waals surface area (Å²) in [7, 11) is 0. The van der Waals surface area contributed by atoms with E-state index in [0.717, 1.165) is 18.4 Å². The molecule has 0 spiro atoms. The second-order valence-corrected chi connectivity index (χ2v) is 3.83. The number of rotatable bonds is 6. The minimum atomic E-state index is -0.381. The number of aliphatic hydroxyl groups excluding tert-OH is 1. The van der Waals surface area contributed by atoms with Gasteiger partial charge in [-0.2, -0.15) is 0 Å². The topological polar surface area (TPSA) is 20.2 Å². The van der Waals surface area contributed by atoms with Gasteiger partial charge in [0.2, 0.25) is 0 Å². The van der Waals surface area contributed by atoms with Crippen molar-refractivity contribution in [2.75, 3.05) is 0 Å². The van der Waals surface area contributed by atoms with E-state index in [1.165, 1.54) is 0 Å². The Morgan fingerprint density at radius 3 is 2.62 bits per heavy atom. The maximum absolute atomic E-state index is 9.67. The minimum absolute atomic E-state index is 0.381. The van der Waals surface area contributed by atoms with Crippen molar-refractivity contribution in [1.82, 2.24) is 0 Å².